The van der Waals surface area contributed by atoms with Crippen molar-refractivity contribution in [3.05, 3.63) is 63.8 Å². The van der Waals surface area contributed by atoms with E-state index in [-0.39, 0.29) is 46.3 Å². The summed E-state index contributed by atoms with van der Waals surface area (Å²) in [6, 6.07) is 11.3. The Hall–Kier alpha value is -4.29. The van der Waals surface area contributed by atoms with Gasteiger partial charge in [0.15, 0.2) is 0 Å². The van der Waals surface area contributed by atoms with Crippen molar-refractivity contribution in [1.29, 1.82) is 0 Å². The molecular formula is C34H43Cl2N5O7. The van der Waals surface area contributed by atoms with Gasteiger partial charge in [0.25, 0.3) is 0 Å². The molecule has 3 aromatic rings. The van der Waals surface area contributed by atoms with Crippen molar-refractivity contribution in [3.63, 3.8) is 0 Å². The van der Waals surface area contributed by atoms with Gasteiger partial charge in [-0.15, -0.1) is 0 Å². The molecule has 260 valence electrons. The molecule has 2 aromatic carbocycles. The lowest BCUT2D eigenvalue weighted by Crippen LogP contribution is -2.46. The third-order valence-corrected chi connectivity index (χ3v) is 7.61. The molecule has 0 saturated carbocycles. The summed E-state index contributed by atoms with van der Waals surface area (Å²) < 4.78 is 10.9. The Morgan fingerprint density at radius 2 is 1.67 bits per heavy atom. The summed E-state index contributed by atoms with van der Waals surface area (Å²) in [4.78, 5) is 49.3. The van der Waals surface area contributed by atoms with Crippen LogP contribution in [-0.4, -0.2) is 75.9 Å². The molecule has 0 bridgehead atoms. The molecule has 1 fully saturated rings. The number of carboxylic acids is 1. The Morgan fingerprint density at radius 1 is 1.00 bits per heavy atom. The second-order valence-corrected chi connectivity index (χ2v) is 13.7. The van der Waals surface area contributed by atoms with E-state index in [1.807, 2.05) is 6.07 Å². The molecule has 1 aromatic heterocycles. The van der Waals surface area contributed by atoms with Crippen molar-refractivity contribution >= 4 is 47.1 Å². The second-order valence-electron chi connectivity index (χ2n) is 12.9. The molecular weight excluding hydrogens is 661 g/mol. The molecule has 0 radical (unpaired) electrons. The largest absolute Gasteiger partial charge is 0.478 e. The number of halogens is 2. The number of aromatic carboxylic acids is 1. The number of piperidine rings is 1. The number of hydrogen-bond donors (Lipinski definition) is 4. The van der Waals surface area contributed by atoms with Crippen LogP contribution in [0.3, 0.4) is 0 Å². The zero-order chi connectivity index (χ0) is 35.6. The number of likely N-dealkylation sites (tertiary alicyclic amines) is 1. The first-order valence-corrected chi connectivity index (χ1v) is 16.4. The van der Waals surface area contributed by atoms with E-state index >= 15 is 0 Å². The van der Waals surface area contributed by atoms with Crippen LogP contribution in [0, 0.1) is 5.92 Å². The number of nitrogens with one attached hydrogen (secondary N) is 3. The summed E-state index contributed by atoms with van der Waals surface area (Å²) in [5.41, 5.74) is 1.48. The van der Waals surface area contributed by atoms with Crippen molar-refractivity contribution in [1.82, 2.24) is 25.7 Å². The van der Waals surface area contributed by atoms with E-state index in [9.17, 15) is 24.3 Å². The Balaban J connectivity index is 0.00000148. The minimum atomic E-state index is -1.07. The SMILES string of the molecule is CC(C)(C)OC(=O)NCC(=O)NCC(=O)N1CCC(c2cc(-c3ccc(Oc4cccc(C(=O)O)c4)c(Cl)c3Cl)n[nH]2)CC1.CC(C)C. The fraction of sp³-hybridized carbons (Fsp3) is 0.441. The first-order chi connectivity index (χ1) is 22.5. The summed E-state index contributed by atoms with van der Waals surface area (Å²) in [6.07, 6.45) is 0.677. The zero-order valence-corrected chi connectivity index (χ0v) is 29.5. The molecule has 14 heteroatoms. The van der Waals surface area contributed by atoms with Gasteiger partial charge in [-0.1, -0.05) is 50.0 Å². The Labute approximate surface area is 290 Å². The molecule has 4 rings (SSSR count). The van der Waals surface area contributed by atoms with E-state index in [4.69, 9.17) is 32.7 Å². The maximum atomic E-state index is 12.6. The van der Waals surface area contributed by atoms with Gasteiger partial charge in [0, 0.05) is 30.3 Å². The molecule has 48 heavy (non-hydrogen) atoms. The highest BCUT2D eigenvalue weighted by Crippen LogP contribution is 2.41. The number of hydrogen-bond acceptors (Lipinski definition) is 7. The van der Waals surface area contributed by atoms with Gasteiger partial charge in [-0.25, -0.2) is 9.59 Å². The fourth-order valence-corrected chi connectivity index (χ4v) is 5.02. The summed E-state index contributed by atoms with van der Waals surface area (Å²) >= 11 is 13.1. The maximum absolute atomic E-state index is 12.6. The third-order valence-electron chi connectivity index (χ3n) is 6.75. The molecule has 0 atom stereocenters. The summed E-state index contributed by atoms with van der Waals surface area (Å²) in [6.45, 7) is 12.2. The normalized spacial score (nSPS) is 13.3. The molecule has 3 amide bonds. The summed E-state index contributed by atoms with van der Waals surface area (Å²) in [7, 11) is 0. The van der Waals surface area contributed by atoms with E-state index in [1.165, 1.54) is 12.1 Å². The van der Waals surface area contributed by atoms with Crippen LogP contribution in [0.1, 0.15) is 76.4 Å². The number of carbonyl (C=O) groups excluding carboxylic acids is 3. The number of rotatable bonds is 9. The van der Waals surface area contributed by atoms with Crippen LogP contribution in [0.25, 0.3) is 11.3 Å². The maximum Gasteiger partial charge on any atom is 0.408 e. The number of aromatic amines is 1. The topological polar surface area (TPSA) is 163 Å². The molecule has 1 aliphatic heterocycles. The van der Waals surface area contributed by atoms with Crippen LogP contribution in [-0.2, 0) is 14.3 Å². The predicted octanol–water partition coefficient (Wildman–Crippen LogP) is 6.88. The minimum Gasteiger partial charge on any atom is -0.478 e. The van der Waals surface area contributed by atoms with E-state index < -0.39 is 23.6 Å². The number of carboxylic acid groups (broad SMARTS) is 1. The number of ether oxygens (including phenoxy) is 2. The van der Waals surface area contributed by atoms with Gasteiger partial charge in [0.1, 0.15) is 28.7 Å². The number of nitrogens with zero attached hydrogens (tertiary/aromatic N) is 2. The number of H-pyrrole nitrogens is 1. The highest BCUT2D eigenvalue weighted by molar-refractivity contribution is 6.44. The zero-order valence-electron chi connectivity index (χ0n) is 28.0. The van der Waals surface area contributed by atoms with E-state index in [0.717, 1.165) is 11.6 Å². The first-order valence-electron chi connectivity index (χ1n) is 15.6. The lowest BCUT2D eigenvalue weighted by Gasteiger charge is -2.31. The average molecular weight is 705 g/mol. The van der Waals surface area contributed by atoms with E-state index in [2.05, 4.69) is 41.6 Å². The Bertz CT molecular complexity index is 1590. The van der Waals surface area contributed by atoms with Crippen LogP contribution in [0.2, 0.25) is 10.0 Å². The summed E-state index contributed by atoms with van der Waals surface area (Å²) in [5, 5.41) is 22.0. The lowest BCUT2D eigenvalue weighted by molar-refractivity contribution is -0.133. The molecule has 2 heterocycles. The van der Waals surface area contributed by atoms with E-state index in [0.29, 0.717) is 42.9 Å². The van der Waals surface area contributed by atoms with Crippen LogP contribution in [0.4, 0.5) is 4.79 Å². The number of amides is 3. The molecule has 12 nitrogen and oxygen atoms in total. The van der Waals surface area contributed by atoms with Gasteiger partial charge < -0.3 is 30.1 Å². The number of aromatic nitrogens is 2. The van der Waals surface area contributed by atoms with Crippen LogP contribution in [0.15, 0.2) is 42.5 Å². The number of carbonyl (C=O) groups is 4. The van der Waals surface area contributed by atoms with Gasteiger partial charge in [-0.05, 0) is 75.9 Å². The first kappa shape index (κ1) is 38.2. The number of alkyl carbamates (subject to hydrolysis) is 1. The monoisotopic (exact) mass is 703 g/mol. The lowest BCUT2D eigenvalue weighted by atomic mass is 9.93. The molecule has 4 N–H and O–H groups in total. The summed E-state index contributed by atoms with van der Waals surface area (Å²) in [5.74, 6) is -0.234. The highest BCUT2D eigenvalue weighted by Gasteiger charge is 2.26. The van der Waals surface area contributed by atoms with E-state index in [1.54, 1.807) is 49.9 Å². The molecule has 1 saturated heterocycles. The fourth-order valence-electron chi connectivity index (χ4n) is 4.57. The van der Waals surface area contributed by atoms with Crippen LogP contribution in [0.5, 0.6) is 11.5 Å². The van der Waals surface area contributed by atoms with Crippen LogP contribution < -0.4 is 15.4 Å². The average Bonchev–Trinajstić information content (AvgIpc) is 3.50. The van der Waals surface area contributed by atoms with Gasteiger partial charge in [-0.2, -0.15) is 5.10 Å². The van der Waals surface area contributed by atoms with Gasteiger partial charge in [0.2, 0.25) is 11.8 Å². The standard InChI is InChI=1S/C30H33Cl2N5O7.C4H10/c1-30(2,3)44-29(42)34-15-24(38)33-16-25(39)37-11-9-17(10-12-37)21-14-22(36-35-21)20-7-8-23(27(32)26(20)31)43-19-6-4-5-18(13-19)28(40)41;1-4(2)3/h4-8,13-14,17H,9-12,15-16H2,1-3H3,(H,33,38)(H,34,42)(H,35,36)(H,40,41);4H,1-3H3. The quantitative estimate of drug-likeness (QED) is 0.187. The van der Waals surface area contributed by atoms with Gasteiger partial charge in [0.05, 0.1) is 22.8 Å². The Kier molecular flexibility index (Phi) is 13.7. The van der Waals surface area contributed by atoms with Gasteiger partial charge >= 0.3 is 12.1 Å². The third kappa shape index (κ3) is 11.7. The molecule has 1 aliphatic rings. The van der Waals surface area contributed by atoms with Crippen molar-refractivity contribution in [2.24, 2.45) is 5.92 Å². The highest BCUT2D eigenvalue weighted by atomic mass is 35.5. The van der Waals surface area contributed by atoms with Gasteiger partial charge in [-0.3, -0.25) is 14.7 Å². The van der Waals surface area contributed by atoms with Crippen molar-refractivity contribution in [3.8, 4) is 22.8 Å². The second kappa shape index (κ2) is 17.2. The molecule has 0 aliphatic carbocycles. The molecule has 0 unspecified atom stereocenters. The number of benzene rings is 2. The van der Waals surface area contributed by atoms with Crippen molar-refractivity contribution < 1.29 is 33.8 Å². The minimum absolute atomic E-state index is 0.0806. The van der Waals surface area contributed by atoms with Crippen LogP contribution >= 0.6 is 23.2 Å². The Morgan fingerprint density at radius 3 is 2.29 bits per heavy atom. The van der Waals surface area contributed by atoms with Crippen molar-refractivity contribution in [2.75, 3.05) is 26.2 Å². The van der Waals surface area contributed by atoms with Crippen molar-refractivity contribution in [2.45, 2.75) is 65.9 Å². The predicted molar refractivity (Wildman–Crippen MR) is 184 cm³/mol. The smallest absolute Gasteiger partial charge is 0.408 e. The molecule has 0 spiro atoms.